The lowest BCUT2D eigenvalue weighted by molar-refractivity contribution is -0.118. The molecule has 0 radical (unpaired) electrons. The number of fused-ring (bicyclic) bond motifs is 1. The number of carbonyl (C=O) groups is 1. The summed E-state index contributed by atoms with van der Waals surface area (Å²) in [5, 5.41) is 2.84. The molecule has 0 fully saturated rings. The van der Waals surface area contributed by atoms with E-state index < -0.39 is 0 Å². The number of amides is 1. The van der Waals surface area contributed by atoms with Crippen molar-refractivity contribution in [2.24, 2.45) is 0 Å². The van der Waals surface area contributed by atoms with E-state index in [-0.39, 0.29) is 12.5 Å². The zero-order chi connectivity index (χ0) is 22.5. The van der Waals surface area contributed by atoms with E-state index in [0.29, 0.717) is 34.3 Å². The molecule has 4 rings (SSSR count). The molecular weight excluding hydrogens is 404 g/mol. The summed E-state index contributed by atoms with van der Waals surface area (Å²) in [5.74, 6) is 2.15. The number of carbonyl (C=O) groups excluding carboxylic acids is 1. The van der Waals surface area contributed by atoms with Crippen LogP contribution in [0.1, 0.15) is 31.7 Å². The minimum absolute atomic E-state index is 0.0748. The van der Waals surface area contributed by atoms with E-state index in [1.807, 2.05) is 48.5 Å². The molecule has 1 atom stereocenters. The first kappa shape index (κ1) is 21.4. The fraction of sp³-hybridized carbons (Fsp3) is 0.231. The molecule has 0 aliphatic rings. The van der Waals surface area contributed by atoms with Crippen molar-refractivity contribution >= 4 is 22.7 Å². The standard InChI is InChI=1S/C26H26N2O4/c1-4-17(2)18-8-11-21(12-9-18)31-16-25(29)27-20-10-13-24-23(15-20)28-26(32-24)19-6-5-7-22(14-19)30-3/h5-15,17H,4,16H2,1-3H3,(H,27,29)/t17-/m1/s1. The smallest absolute Gasteiger partial charge is 0.262 e. The average molecular weight is 431 g/mol. The molecule has 1 amide bonds. The number of oxazole rings is 1. The number of ether oxygens (including phenoxy) is 2. The quantitative estimate of drug-likeness (QED) is 0.369. The van der Waals surface area contributed by atoms with Gasteiger partial charge in [-0.3, -0.25) is 4.79 Å². The first-order valence-corrected chi connectivity index (χ1v) is 10.6. The van der Waals surface area contributed by atoms with Crippen LogP contribution in [0.2, 0.25) is 0 Å². The van der Waals surface area contributed by atoms with Gasteiger partial charge in [-0.2, -0.15) is 0 Å². The largest absolute Gasteiger partial charge is 0.497 e. The molecule has 0 spiro atoms. The zero-order valence-electron chi connectivity index (χ0n) is 18.4. The maximum Gasteiger partial charge on any atom is 0.262 e. The van der Waals surface area contributed by atoms with Crippen molar-refractivity contribution < 1.29 is 18.7 Å². The van der Waals surface area contributed by atoms with Crippen molar-refractivity contribution in [2.45, 2.75) is 26.2 Å². The van der Waals surface area contributed by atoms with E-state index in [4.69, 9.17) is 13.9 Å². The van der Waals surface area contributed by atoms with E-state index in [9.17, 15) is 4.79 Å². The number of methoxy groups -OCH3 is 1. The average Bonchev–Trinajstić information content (AvgIpc) is 3.26. The summed E-state index contributed by atoms with van der Waals surface area (Å²) in [6.45, 7) is 4.28. The molecule has 0 saturated carbocycles. The number of nitrogens with zero attached hydrogens (tertiary/aromatic N) is 1. The molecular formula is C26H26N2O4. The predicted octanol–water partition coefficient (Wildman–Crippen LogP) is 6.03. The summed E-state index contributed by atoms with van der Waals surface area (Å²) in [5.41, 5.74) is 4.00. The Morgan fingerprint density at radius 2 is 1.88 bits per heavy atom. The van der Waals surface area contributed by atoms with Gasteiger partial charge < -0.3 is 19.2 Å². The summed E-state index contributed by atoms with van der Waals surface area (Å²) in [7, 11) is 1.62. The Morgan fingerprint density at radius 3 is 2.62 bits per heavy atom. The molecule has 0 aliphatic carbocycles. The van der Waals surface area contributed by atoms with Crippen LogP contribution in [-0.4, -0.2) is 24.6 Å². The fourth-order valence-electron chi connectivity index (χ4n) is 3.36. The number of hydrogen-bond acceptors (Lipinski definition) is 5. The van der Waals surface area contributed by atoms with E-state index >= 15 is 0 Å². The number of anilines is 1. The summed E-state index contributed by atoms with van der Waals surface area (Å²) in [6, 6.07) is 20.7. The Balaban J connectivity index is 1.40. The summed E-state index contributed by atoms with van der Waals surface area (Å²) >= 11 is 0. The molecule has 164 valence electrons. The summed E-state index contributed by atoms with van der Waals surface area (Å²) in [4.78, 5) is 16.9. The maximum atomic E-state index is 12.3. The normalized spacial score (nSPS) is 11.8. The van der Waals surface area contributed by atoms with Crippen molar-refractivity contribution in [1.82, 2.24) is 4.98 Å². The molecule has 0 saturated heterocycles. The number of rotatable bonds is 8. The minimum atomic E-state index is -0.244. The lowest BCUT2D eigenvalue weighted by atomic mass is 9.99. The van der Waals surface area contributed by atoms with Crippen LogP contribution < -0.4 is 14.8 Å². The van der Waals surface area contributed by atoms with Gasteiger partial charge in [-0.05, 0) is 66.4 Å². The molecule has 1 N–H and O–H groups in total. The highest BCUT2D eigenvalue weighted by molar-refractivity contribution is 5.94. The third-order valence-electron chi connectivity index (χ3n) is 5.42. The molecule has 6 nitrogen and oxygen atoms in total. The van der Waals surface area contributed by atoms with Crippen LogP contribution in [0.25, 0.3) is 22.6 Å². The first-order valence-electron chi connectivity index (χ1n) is 10.6. The molecule has 3 aromatic carbocycles. The van der Waals surface area contributed by atoms with Crippen LogP contribution >= 0.6 is 0 Å². The molecule has 0 bridgehead atoms. The second-order valence-corrected chi connectivity index (χ2v) is 7.65. The van der Waals surface area contributed by atoms with Gasteiger partial charge in [0.05, 0.1) is 7.11 Å². The molecule has 32 heavy (non-hydrogen) atoms. The third-order valence-corrected chi connectivity index (χ3v) is 5.42. The van der Waals surface area contributed by atoms with Gasteiger partial charge in [0, 0.05) is 11.3 Å². The van der Waals surface area contributed by atoms with Crippen molar-refractivity contribution in [3.8, 4) is 23.0 Å². The van der Waals surface area contributed by atoms with Gasteiger partial charge in [-0.25, -0.2) is 4.98 Å². The number of benzene rings is 3. The van der Waals surface area contributed by atoms with Gasteiger partial charge in [0.25, 0.3) is 5.91 Å². The Bertz CT molecular complexity index is 1210. The van der Waals surface area contributed by atoms with E-state index in [2.05, 4.69) is 24.1 Å². The van der Waals surface area contributed by atoms with Crippen LogP contribution in [0.5, 0.6) is 11.5 Å². The van der Waals surface area contributed by atoms with Crippen molar-refractivity contribution in [1.29, 1.82) is 0 Å². The fourth-order valence-corrected chi connectivity index (χ4v) is 3.36. The Labute approximate surface area is 187 Å². The number of aromatic nitrogens is 1. The second-order valence-electron chi connectivity index (χ2n) is 7.65. The van der Waals surface area contributed by atoms with Gasteiger partial charge in [0.2, 0.25) is 5.89 Å². The van der Waals surface area contributed by atoms with Gasteiger partial charge in [0.15, 0.2) is 12.2 Å². The van der Waals surface area contributed by atoms with E-state index in [1.165, 1.54) is 5.56 Å². The van der Waals surface area contributed by atoms with Crippen molar-refractivity contribution in [3.63, 3.8) is 0 Å². The van der Waals surface area contributed by atoms with Crippen LogP contribution in [0.3, 0.4) is 0 Å². The van der Waals surface area contributed by atoms with E-state index in [1.54, 1.807) is 25.3 Å². The summed E-state index contributed by atoms with van der Waals surface area (Å²) < 4.78 is 16.7. The Hall–Kier alpha value is -3.80. The molecule has 6 heteroatoms. The van der Waals surface area contributed by atoms with Crippen molar-refractivity contribution in [3.05, 3.63) is 72.3 Å². The van der Waals surface area contributed by atoms with E-state index in [0.717, 1.165) is 17.7 Å². The molecule has 1 heterocycles. The van der Waals surface area contributed by atoms with Gasteiger partial charge >= 0.3 is 0 Å². The second kappa shape index (κ2) is 9.56. The highest BCUT2D eigenvalue weighted by Crippen LogP contribution is 2.28. The predicted molar refractivity (Wildman–Crippen MR) is 125 cm³/mol. The van der Waals surface area contributed by atoms with Gasteiger partial charge in [0.1, 0.15) is 17.0 Å². The molecule has 0 aliphatic heterocycles. The Kier molecular flexibility index (Phi) is 6.40. The highest BCUT2D eigenvalue weighted by Gasteiger charge is 2.11. The molecule has 0 unspecified atom stereocenters. The minimum Gasteiger partial charge on any atom is -0.497 e. The van der Waals surface area contributed by atoms with Crippen LogP contribution in [0.4, 0.5) is 5.69 Å². The third kappa shape index (κ3) is 4.91. The summed E-state index contributed by atoms with van der Waals surface area (Å²) in [6.07, 6.45) is 1.08. The van der Waals surface area contributed by atoms with Gasteiger partial charge in [-0.1, -0.05) is 32.0 Å². The zero-order valence-corrected chi connectivity index (χ0v) is 18.4. The molecule has 1 aromatic heterocycles. The SMILES string of the molecule is CC[C@@H](C)c1ccc(OCC(=O)Nc2ccc3oc(-c4cccc(OC)c4)nc3c2)cc1. The van der Waals surface area contributed by atoms with Crippen LogP contribution in [0, 0.1) is 0 Å². The van der Waals surface area contributed by atoms with Crippen LogP contribution in [-0.2, 0) is 4.79 Å². The topological polar surface area (TPSA) is 73.6 Å². The number of nitrogens with one attached hydrogen (secondary N) is 1. The van der Waals surface area contributed by atoms with Crippen molar-refractivity contribution in [2.75, 3.05) is 19.0 Å². The number of hydrogen-bond donors (Lipinski definition) is 1. The lowest BCUT2D eigenvalue weighted by Crippen LogP contribution is -2.20. The monoisotopic (exact) mass is 430 g/mol. The lowest BCUT2D eigenvalue weighted by Gasteiger charge is -2.11. The van der Waals surface area contributed by atoms with Crippen LogP contribution in [0.15, 0.2) is 71.1 Å². The highest BCUT2D eigenvalue weighted by atomic mass is 16.5. The van der Waals surface area contributed by atoms with Gasteiger partial charge in [-0.15, -0.1) is 0 Å². The maximum absolute atomic E-state index is 12.3. The molecule has 4 aromatic rings. The Morgan fingerprint density at radius 1 is 1.06 bits per heavy atom. The first-order chi connectivity index (χ1) is 15.6.